The maximum Gasteiger partial charge on any atom is 0.233 e. The zero-order valence-electron chi connectivity index (χ0n) is 14.0. The standard InChI is InChI=1S/C17H27N3O3/c1-22-10-8-18-12-17(21)19-11-14-7-9-20(13-14)15-5-3-4-6-16(15)23-2/h3-6,14,18H,7-13H2,1-2H3,(H,19,21). The summed E-state index contributed by atoms with van der Waals surface area (Å²) in [7, 11) is 3.35. The molecule has 6 heteroatoms. The van der Waals surface area contributed by atoms with Crippen LogP contribution in [0.25, 0.3) is 0 Å². The van der Waals surface area contributed by atoms with Crippen LogP contribution in [-0.2, 0) is 9.53 Å². The molecule has 0 spiro atoms. The molecule has 1 heterocycles. The molecule has 0 aromatic heterocycles. The van der Waals surface area contributed by atoms with Gasteiger partial charge in [0.05, 0.1) is 25.9 Å². The minimum absolute atomic E-state index is 0.0387. The van der Waals surface area contributed by atoms with Gasteiger partial charge in [-0.05, 0) is 24.5 Å². The summed E-state index contributed by atoms with van der Waals surface area (Å²) < 4.78 is 10.4. The SMILES string of the molecule is COCCNCC(=O)NCC1CCN(c2ccccc2OC)C1. The fourth-order valence-electron chi connectivity index (χ4n) is 2.81. The first-order valence-corrected chi connectivity index (χ1v) is 8.09. The molecule has 0 radical (unpaired) electrons. The number of carbonyl (C=O) groups is 1. The van der Waals surface area contributed by atoms with Gasteiger partial charge in [0.15, 0.2) is 0 Å². The summed E-state index contributed by atoms with van der Waals surface area (Å²) in [4.78, 5) is 14.1. The molecule has 1 aliphatic heterocycles. The average Bonchev–Trinajstić information content (AvgIpc) is 3.05. The van der Waals surface area contributed by atoms with Crippen molar-refractivity contribution in [2.24, 2.45) is 5.92 Å². The number of nitrogens with zero attached hydrogens (tertiary/aromatic N) is 1. The Hall–Kier alpha value is -1.79. The normalized spacial score (nSPS) is 17.3. The second kappa shape index (κ2) is 9.37. The molecule has 1 unspecified atom stereocenters. The van der Waals surface area contributed by atoms with Gasteiger partial charge in [-0.2, -0.15) is 0 Å². The second-order valence-electron chi connectivity index (χ2n) is 5.75. The highest BCUT2D eigenvalue weighted by Gasteiger charge is 2.24. The zero-order chi connectivity index (χ0) is 16.5. The average molecular weight is 321 g/mol. The van der Waals surface area contributed by atoms with E-state index in [4.69, 9.17) is 9.47 Å². The first kappa shape index (κ1) is 17.6. The van der Waals surface area contributed by atoms with Crippen LogP contribution >= 0.6 is 0 Å². The Labute approximate surface area is 138 Å². The van der Waals surface area contributed by atoms with Crippen LogP contribution in [0, 0.1) is 5.92 Å². The molecule has 1 aromatic carbocycles. The number of nitrogens with one attached hydrogen (secondary N) is 2. The van der Waals surface area contributed by atoms with E-state index in [0.29, 0.717) is 25.6 Å². The third-order valence-corrected chi connectivity index (χ3v) is 4.07. The molecule has 0 aliphatic carbocycles. The summed E-state index contributed by atoms with van der Waals surface area (Å²) in [5, 5.41) is 6.05. The number of ether oxygens (including phenoxy) is 2. The number of amides is 1. The summed E-state index contributed by atoms with van der Waals surface area (Å²) in [5.74, 6) is 1.42. The fourth-order valence-corrected chi connectivity index (χ4v) is 2.81. The Morgan fingerprint density at radius 2 is 2.17 bits per heavy atom. The first-order valence-electron chi connectivity index (χ1n) is 8.09. The number of hydrogen-bond acceptors (Lipinski definition) is 5. The van der Waals surface area contributed by atoms with Crippen LogP contribution in [0.4, 0.5) is 5.69 Å². The highest BCUT2D eigenvalue weighted by Crippen LogP contribution is 2.31. The van der Waals surface area contributed by atoms with E-state index in [1.165, 1.54) is 0 Å². The van der Waals surface area contributed by atoms with E-state index in [0.717, 1.165) is 37.5 Å². The van der Waals surface area contributed by atoms with Crippen molar-refractivity contribution in [3.63, 3.8) is 0 Å². The Kier molecular flexibility index (Phi) is 7.16. The van der Waals surface area contributed by atoms with E-state index in [9.17, 15) is 4.79 Å². The fraction of sp³-hybridized carbons (Fsp3) is 0.588. The van der Waals surface area contributed by atoms with Crippen molar-refractivity contribution in [1.29, 1.82) is 0 Å². The molecular weight excluding hydrogens is 294 g/mol. The van der Waals surface area contributed by atoms with Gasteiger partial charge < -0.3 is 25.0 Å². The lowest BCUT2D eigenvalue weighted by Crippen LogP contribution is -2.38. The maximum absolute atomic E-state index is 11.8. The Balaban J connectivity index is 1.72. The quantitative estimate of drug-likeness (QED) is 0.661. The molecule has 1 aromatic rings. The van der Waals surface area contributed by atoms with E-state index in [1.54, 1.807) is 14.2 Å². The van der Waals surface area contributed by atoms with Crippen molar-refractivity contribution in [2.75, 3.05) is 58.5 Å². The van der Waals surface area contributed by atoms with Gasteiger partial charge in [-0.15, -0.1) is 0 Å². The van der Waals surface area contributed by atoms with Crippen LogP contribution in [0.5, 0.6) is 5.75 Å². The molecule has 1 saturated heterocycles. The number of methoxy groups -OCH3 is 2. The Morgan fingerprint density at radius 1 is 1.35 bits per heavy atom. The molecule has 1 amide bonds. The van der Waals surface area contributed by atoms with Crippen LogP contribution in [0.2, 0.25) is 0 Å². The van der Waals surface area contributed by atoms with E-state index < -0.39 is 0 Å². The van der Waals surface area contributed by atoms with Gasteiger partial charge in [-0.1, -0.05) is 12.1 Å². The number of anilines is 1. The third kappa shape index (κ3) is 5.41. The Morgan fingerprint density at radius 3 is 2.96 bits per heavy atom. The predicted molar refractivity (Wildman–Crippen MR) is 91.1 cm³/mol. The number of benzene rings is 1. The smallest absolute Gasteiger partial charge is 0.233 e. The van der Waals surface area contributed by atoms with E-state index in [-0.39, 0.29) is 5.91 Å². The van der Waals surface area contributed by atoms with Gasteiger partial charge in [0, 0.05) is 33.3 Å². The molecule has 2 rings (SSSR count). The van der Waals surface area contributed by atoms with Crippen molar-refractivity contribution in [1.82, 2.24) is 10.6 Å². The van der Waals surface area contributed by atoms with Crippen LogP contribution in [-0.4, -0.2) is 59.5 Å². The van der Waals surface area contributed by atoms with Gasteiger partial charge in [0.2, 0.25) is 5.91 Å². The summed E-state index contributed by atoms with van der Waals surface area (Å²) in [5.41, 5.74) is 1.13. The van der Waals surface area contributed by atoms with Crippen LogP contribution < -0.4 is 20.3 Å². The van der Waals surface area contributed by atoms with E-state index >= 15 is 0 Å². The van der Waals surface area contributed by atoms with E-state index in [1.807, 2.05) is 18.2 Å². The largest absolute Gasteiger partial charge is 0.495 e. The molecule has 2 N–H and O–H groups in total. The van der Waals surface area contributed by atoms with Crippen molar-refractivity contribution in [2.45, 2.75) is 6.42 Å². The molecule has 1 atom stereocenters. The number of rotatable bonds is 9. The van der Waals surface area contributed by atoms with E-state index in [2.05, 4.69) is 21.6 Å². The molecule has 1 aliphatic rings. The summed E-state index contributed by atoms with van der Waals surface area (Å²) in [6.07, 6.45) is 1.08. The second-order valence-corrected chi connectivity index (χ2v) is 5.75. The highest BCUT2D eigenvalue weighted by molar-refractivity contribution is 5.78. The third-order valence-electron chi connectivity index (χ3n) is 4.07. The molecule has 23 heavy (non-hydrogen) atoms. The lowest BCUT2D eigenvalue weighted by Gasteiger charge is -2.21. The van der Waals surface area contributed by atoms with Crippen LogP contribution in [0.1, 0.15) is 6.42 Å². The van der Waals surface area contributed by atoms with Crippen molar-refractivity contribution in [3.05, 3.63) is 24.3 Å². The van der Waals surface area contributed by atoms with Gasteiger partial charge in [0.25, 0.3) is 0 Å². The lowest BCUT2D eigenvalue weighted by molar-refractivity contribution is -0.120. The monoisotopic (exact) mass is 321 g/mol. The molecular formula is C17H27N3O3. The van der Waals surface area contributed by atoms with Crippen molar-refractivity contribution >= 4 is 11.6 Å². The summed E-state index contributed by atoms with van der Waals surface area (Å²) in [6.45, 7) is 4.30. The minimum atomic E-state index is 0.0387. The summed E-state index contributed by atoms with van der Waals surface area (Å²) >= 11 is 0. The lowest BCUT2D eigenvalue weighted by atomic mass is 10.1. The highest BCUT2D eigenvalue weighted by atomic mass is 16.5. The van der Waals surface area contributed by atoms with Crippen LogP contribution in [0.3, 0.4) is 0 Å². The molecule has 1 fully saturated rings. The minimum Gasteiger partial charge on any atom is -0.495 e. The van der Waals surface area contributed by atoms with Gasteiger partial charge in [0.1, 0.15) is 5.75 Å². The maximum atomic E-state index is 11.8. The molecule has 128 valence electrons. The first-order chi connectivity index (χ1) is 11.2. The van der Waals surface area contributed by atoms with Gasteiger partial charge >= 0.3 is 0 Å². The van der Waals surface area contributed by atoms with Crippen molar-refractivity contribution < 1.29 is 14.3 Å². The topological polar surface area (TPSA) is 62.8 Å². The zero-order valence-corrected chi connectivity index (χ0v) is 14.0. The summed E-state index contributed by atoms with van der Waals surface area (Å²) in [6, 6.07) is 8.07. The predicted octanol–water partition coefficient (Wildman–Crippen LogP) is 0.874. The van der Waals surface area contributed by atoms with Gasteiger partial charge in [-0.25, -0.2) is 0 Å². The number of hydrogen-bond donors (Lipinski definition) is 2. The Bertz CT molecular complexity index is 496. The number of carbonyl (C=O) groups excluding carboxylic acids is 1. The van der Waals surface area contributed by atoms with Gasteiger partial charge in [-0.3, -0.25) is 4.79 Å². The molecule has 0 saturated carbocycles. The van der Waals surface area contributed by atoms with Crippen molar-refractivity contribution in [3.8, 4) is 5.75 Å². The number of para-hydroxylation sites is 2. The molecule has 0 bridgehead atoms. The molecule has 6 nitrogen and oxygen atoms in total. The van der Waals surface area contributed by atoms with Crippen LogP contribution in [0.15, 0.2) is 24.3 Å².